The Bertz CT molecular complexity index is 168. The second kappa shape index (κ2) is 3.94. The van der Waals surface area contributed by atoms with Crippen molar-refractivity contribution >= 4 is 22.5 Å². The van der Waals surface area contributed by atoms with Gasteiger partial charge in [0.05, 0.1) is 0 Å². The Balaban J connectivity index is 2.80. The number of thiol groups is 1. The molecular weight excluding hydrogens is 160 g/mol. The fourth-order valence-electron chi connectivity index (χ4n) is 0.786. The van der Waals surface area contributed by atoms with E-state index in [0.717, 1.165) is 6.42 Å². The predicted molar refractivity (Wildman–Crippen MR) is 50.7 cm³/mol. The van der Waals surface area contributed by atoms with Gasteiger partial charge in [-0.3, -0.25) is 0 Å². The molecule has 1 rings (SSSR count). The highest BCUT2D eigenvalue weighted by Crippen LogP contribution is 2.21. The molecule has 1 aromatic rings. The minimum absolute atomic E-state index is 1.11. The highest BCUT2D eigenvalue weighted by Gasteiger charge is 1.89. The molecule has 0 amide bonds. The molecule has 0 nitrogen and oxygen atoms in total. The third-order valence-corrected chi connectivity index (χ3v) is 2.55. The first kappa shape index (κ1) is 8.02. The van der Waals surface area contributed by atoms with Crippen LogP contribution < -0.4 is 0 Å². The van der Waals surface area contributed by atoms with Crippen molar-refractivity contribution in [2.75, 3.05) is 0 Å². The first-order valence-electron chi connectivity index (χ1n) is 3.27. The lowest BCUT2D eigenvalue weighted by Gasteiger charge is -1.96. The first-order valence-corrected chi connectivity index (χ1v) is 5.14. The molecule has 0 saturated carbocycles. The summed E-state index contributed by atoms with van der Waals surface area (Å²) in [6, 6.07) is 8.46. The van der Waals surface area contributed by atoms with Crippen molar-refractivity contribution in [2.45, 2.75) is 18.2 Å². The number of aryl methyl sites for hydroxylation is 1. The van der Waals surface area contributed by atoms with Crippen molar-refractivity contribution in [1.29, 1.82) is 0 Å². The number of benzene rings is 1. The average molecular weight is 170 g/mol. The van der Waals surface area contributed by atoms with Crippen molar-refractivity contribution in [3.8, 4) is 0 Å². The van der Waals surface area contributed by atoms with Gasteiger partial charge in [-0.05, 0) is 24.1 Å². The van der Waals surface area contributed by atoms with E-state index in [1.807, 2.05) is 0 Å². The molecule has 0 aromatic heterocycles. The maximum absolute atomic E-state index is 4.09. The van der Waals surface area contributed by atoms with Crippen LogP contribution in [-0.4, -0.2) is 0 Å². The van der Waals surface area contributed by atoms with Crippen LogP contribution in [0.3, 0.4) is 0 Å². The van der Waals surface area contributed by atoms with Crippen LogP contribution in [0.4, 0.5) is 0 Å². The quantitative estimate of drug-likeness (QED) is 0.525. The van der Waals surface area contributed by atoms with Crippen LogP contribution in [0.5, 0.6) is 0 Å². The van der Waals surface area contributed by atoms with Gasteiger partial charge in [0.1, 0.15) is 0 Å². The van der Waals surface area contributed by atoms with Gasteiger partial charge in [-0.25, -0.2) is 0 Å². The number of rotatable bonds is 2. The summed E-state index contributed by atoms with van der Waals surface area (Å²) in [7, 11) is 1.48. The standard InChI is InChI=1S/C8H10S2/c1-2-7-3-5-8(10-9)6-4-7/h3-6,9H,2H2,1H3. The topological polar surface area (TPSA) is 0 Å². The van der Waals surface area contributed by atoms with Crippen LogP contribution in [0.25, 0.3) is 0 Å². The molecule has 0 radical (unpaired) electrons. The van der Waals surface area contributed by atoms with Crippen LogP contribution in [0, 0.1) is 0 Å². The zero-order valence-corrected chi connectivity index (χ0v) is 7.58. The molecule has 0 aliphatic carbocycles. The molecule has 1 aromatic carbocycles. The van der Waals surface area contributed by atoms with E-state index in [0.29, 0.717) is 0 Å². The second-order valence-electron chi connectivity index (χ2n) is 2.09. The summed E-state index contributed by atoms with van der Waals surface area (Å²) in [6.07, 6.45) is 1.11. The summed E-state index contributed by atoms with van der Waals surface area (Å²) in [5.41, 5.74) is 1.38. The highest BCUT2D eigenvalue weighted by molar-refractivity contribution is 8.68. The molecule has 0 fully saturated rings. The Morgan fingerprint density at radius 3 is 2.30 bits per heavy atom. The molecular formula is C8H10S2. The summed E-state index contributed by atoms with van der Waals surface area (Å²) >= 11 is 4.09. The van der Waals surface area contributed by atoms with E-state index in [2.05, 4.69) is 42.9 Å². The van der Waals surface area contributed by atoms with Gasteiger partial charge in [0.15, 0.2) is 0 Å². The van der Waals surface area contributed by atoms with Crippen molar-refractivity contribution in [1.82, 2.24) is 0 Å². The SMILES string of the molecule is CCc1ccc(SS)cc1. The van der Waals surface area contributed by atoms with E-state index in [1.165, 1.54) is 21.3 Å². The van der Waals surface area contributed by atoms with E-state index in [1.54, 1.807) is 0 Å². The largest absolute Gasteiger partial charge is 0.106 e. The van der Waals surface area contributed by atoms with Crippen LogP contribution >= 0.6 is 22.5 Å². The lowest BCUT2D eigenvalue weighted by Crippen LogP contribution is -1.76. The van der Waals surface area contributed by atoms with Crippen LogP contribution in [0.2, 0.25) is 0 Å². The Morgan fingerprint density at radius 1 is 1.30 bits per heavy atom. The van der Waals surface area contributed by atoms with E-state index >= 15 is 0 Å². The zero-order chi connectivity index (χ0) is 7.40. The normalized spacial score (nSPS) is 9.80. The summed E-state index contributed by atoms with van der Waals surface area (Å²) in [5, 5.41) is 0. The summed E-state index contributed by atoms with van der Waals surface area (Å²) in [6.45, 7) is 2.16. The summed E-state index contributed by atoms with van der Waals surface area (Å²) in [5.74, 6) is 0. The van der Waals surface area contributed by atoms with Gasteiger partial charge in [-0.1, -0.05) is 29.9 Å². The predicted octanol–water partition coefficient (Wildman–Crippen LogP) is 3.19. The fraction of sp³-hybridized carbons (Fsp3) is 0.250. The van der Waals surface area contributed by atoms with E-state index < -0.39 is 0 Å². The third-order valence-electron chi connectivity index (χ3n) is 1.44. The molecule has 54 valence electrons. The molecule has 0 saturated heterocycles. The van der Waals surface area contributed by atoms with Crippen LogP contribution in [0.1, 0.15) is 12.5 Å². The Labute approximate surface area is 70.8 Å². The molecule has 0 atom stereocenters. The lowest BCUT2D eigenvalue weighted by atomic mass is 10.2. The zero-order valence-electron chi connectivity index (χ0n) is 5.87. The van der Waals surface area contributed by atoms with Crippen molar-refractivity contribution in [3.05, 3.63) is 29.8 Å². The van der Waals surface area contributed by atoms with Crippen molar-refractivity contribution < 1.29 is 0 Å². The van der Waals surface area contributed by atoms with E-state index in [9.17, 15) is 0 Å². The molecule has 0 spiro atoms. The highest BCUT2D eigenvalue weighted by atomic mass is 33.1. The van der Waals surface area contributed by atoms with Gasteiger partial charge in [-0.2, -0.15) is 0 Å². The van der Waals surface area contributed by atoms with Gasteiger partial charge in [0.25, 0.3) is 0 Å². The van der Waals surface area contributed by atoms with Crippen molar-refractivity contribution in [3.63, 3.8) is 0 Å². The average Bonchev–Trinajstić information content (AvgIpc) is 2.05. The second-order valence-corrected chi connectivity index (χ2v) is 3.29. The van der Waals surface area contributed by atoms with Crippen LogP contribution in [0.15, 0.2) is 29.2 Å². The number of hydrogen-bond donors (Lipinski definition) is 1. The van der Waals surface area contributed by atoms with Crippen LogP contribution in [-0.2, 0) is 6.42 Å². The molecule has 10 heavy (non-hydrogen) atoms. The molecule has 0 aliphatic heterocycles. The first-order chi connectivity index (χ1) is 4.86. The lowest BCUT2D eigenvalue weighted by molar-refractivity contribution is 1.13. The van der Waals surface area contributed by atoms with E-state index in [-0.39, 0.29) is 0 Å². The molecule has 0 aliphatic rings. The Kier molecular flexibility index (Phi) is 3.16. The smallest absolute Gasteiger partial charge is 0.0180 e. The minimum Gasteiger partial charge on any atom is -0.106 e. The minimum atomic E-state index is 1.11. The van der Waals surface area contributed by atoms with Gasteiger partial charge in [0.2, 0.25) is 0 Å². The monoisotopic (exact) mass is 170 g/mol. The number of hydrogen-bond acceptors (Lipinski definition) is 2. The van der Waals surface area contributed by atoms with Gasteiger partial charge >= 0.3 is 0 Å². The Morgan fingerprint density at radius 2 is 1.90 bits per heavy atom. The van der Waals surface area contributed by atoms with Crippen molar-refractivity contribution in [2.24, 2.45) is 0 Å². The molecule has 2 heteroatoms. The van der Waals surface area contributed by atoms with Gasteiger partial charge in [0, 0.05) is 4.90 Å². The van der Waals surface area contributed by atoms with Gasteiger partial charge < -0.3 is 0 Å². The molecule has 0 heterocycles. The van der Waals surface area contributed by atoms with Gasteiger partial charge in [-0.15, -0.1) is 11.7 Å². The maximum Gasteiger partial charge on any atom is 0.0180 e. The molecule has 0 bridgehead atoms. The fourth-order valence-corrected chi connectivity index (χ4v) is 1.41. The molecule has 0 unspecified atom stereocenters. The Hall–Kier alpha value is -0.0800. The maximum atomic E-state index is 4.09. The third kappa shape index (κ3) is 1.96. The molecule has 0 N–H and O–H groups in total. The summed E-state index contributed by atoms with van der Waals surface area (Å²) < 4.78 is 0. The summed E-state index contributed by atoms with van der Waals surface area (Å²) in [4.78, 5) is 1.21. The van der Waals surface area contributed by atoms with E-state index in [4.69, 9.17) is 0 Å².